The van der Waals surface area contributed by atoms with E-state index in [9.17, 15) is 0 Å². The topological polar surface area (TPSA) is 108 Å². The third-order valence-corrected chi connectivity index (χ3v) is 6.40. The SMILES string of the molecule is C[C@H]1c2ccccc2CN1C(=N)c1ncc(N2CCC(C)(CN)CC2)nc1N. The fourth-order valence-electron chi connectivity index (χ4n) is 4.19. The Bertz CT molecular complexity index is 886. The Balaban J connectivity index is 1.50. The predicted octanol–water partition coefficient (Wildman–Crippen LogP) is 2.53. The maximum Gasteiger partial charge on any atom is 0.155 e. The summed E-state index contributed by atoms with van der Waals surface area (Å²) in [7, 11) is 0. The average molecular weight is 380 g/mol. The number of piperidine rings is 1. The van der Waals surface area contributed by atoms with E-state index in [0.29, 0.717) is 30.4 Å². The Kier molecular flexibility index (Phi) is 4.71. The second-order valence-electron chi connectivity index (χ2n) is 8.32. The zero-order valence-corrected chi connectivity index (χ0v) is 16.7. The second-order valence-corrected chi connectivity index (χ2v) is 8.32. The number of anilines is 2. The molecule has 0 radical (unpaired) electrons. The fourth-order valence-corrected chi connectivity index (χ4v) is 4.19. The third-order valence-electron chi connectivity index (χ3n) is 6.40. The van der Waals surface area contributed by atoms with Crippen LogP contribution in [0.4, 0.5) is 11.6 Å². The monoisotopic (exact) mass is 379 g/mol. The first-order chi connectivity index (χ1) is 13.4. The van der Waals surface area contributed by atoms with Crippen LogP contribution in [0.15, 0.2) is 30.5 Å². The molecule has 3 heterocycles. The van der Waals surface area contributed by atoms with Gasteiger partial charge in [0.1, 0.15) is 11.5 Å². The van der Waals surface area contributed by atoms with Gasteiger partial charge >= 0.3 is 0 Å². The summed E-state index contributed by atoms with van der Waals surface area (Å²) in [6, 6.07) is 8.44. The molecule has 28 heavy (non-hydrogen) atoms. The molecule has 5 N–H and O–H groups in total. The summed E-state index contributed by atoms with van der Waals surface area (Å²) in [6.45, 7) is 7.56. The Labute approximate surface area is 166 Å². The van der Waals surface area contributed by atoms with Gasteiger partial charge in [0.05, 0.1) is 12.2 Å². The molecule has 2 aromatic rings. The first-order valence-electron chi connectivity index (χ1n) is 9.93. The summed E-state index contributed by atoms with van der Waals surface area (Å²) in [5, 5.41) is 8.68. The van der Waals surface area contributed by atoms with Gasteiger partial charge in [0.15, 0.2) is 11.7 Å². The number of benzene rings is 1. The van der Waals surface area contributed by atoms with Crippen molar-refractivity contribution in [3.63, 3.8) is 0 Å². The number of hydrogen-bond donors (Lipinski definition) is 3. The van der Waals surface area contributed by atoms with Gasteiger partial charge in [0.25, 0.3) is 0 Å². The summed E-state index contributed by atoms with van der Waals surface area (Å²) in [5.41, 5.74) is 15.3. The van der Waals surface area contributed by atoms with Gasteiger partial charge in [-0.3, -0.25) is 5.41 Å². The van der Waals surface area contributed by atoms with Gasteiger partial charge in [-0.2, -0.15) is 0 Å². The second kappa shape index (κ2) is 7.05. The molecule has 4 rings (SSSR count). The Morgan fingerprint density at radius 3 is 2.64 bits per heavy atom. The highest BCUT2D eigenvalue weighted by molar-refractivity contribution is 5.99. The van der Waals surface area contributed by atoms with E-state index in [-0.39, 0.29) is 11.5 Å². The Hall–Kier alpha value is -2.67. The molecule has 0 amide bonds. The van der Waals surface area contributed by atoms with Crippen molar-refractivity contribution in [1.29, 1.82) is 5.41 Å². The predicted molar refractivity (Wildman–Crippen MR) is 112 cm³/mol. The van der Waals surface area contributed by atoms with Crippen LogP contribution in [0.25, 0.3) is 0 Å². The molecule has 0 saturated carbocycles. The normalized spacial score (nSPS) is 20.9. The van der Waals surface area contributed by atoms with Crippen LogP contribution in [0.5, 0.6) is 0 Å². The van der Waals surface area contributed by atoms with Crippen molar-refractivity contribution in [3.05, 3.63) is 47.3 Å². The molecule has 1 fully saturated rings. The first-order valence-corrected chi connectivity index (χ1v) is 9.93. The smallest absolute Gasteiger partial charge is 0.155 e. The molecule has 0 aliphatic carbocycles. The Morgan fingerprint density at radius 2 is 2.00 bits per heavy atom. The number of amidine groups is 1. The number of rotatable bonds is 3. The van der Waals surface area contributed by atoms with Gasteiger partial charge in [-0.1, -0.05) is 31.2 Å². The van der Waals surface area contributed by atoms with Crippen LogP contribution >= 0.6 is 0 Å². The molecule has 2 aliphatic rings. The minimum atomic E-state index is 0.126. The lowest BCUT2D eigenvalue weighted by atomic mass is 9.80. The minimum Gasteiger partial charge on any atom is -0.382 e. The van der Waals surface area contributed by atoms with Gasteiger partial charge < -0.3 is 21.3 Å². The molecule has 1 aromatic carbocycles. The zero-order chi connectivity index (χ0) is 19.9. The lowest BCUT2D eigenvalue weighted by Crippen LogP contribution is -2.42. The van der Waals surface area contributed by atoms with Gasteiger partial charge in [0.2, 0.25) is 0 Å². The molecule has 148 valence electrons. The van der Waals surface area contributed by atoms with Gasteiger partial charge in [-0.25, -0.2) is 9.97 Å². The van der Waals surface area contributed by atoms with Gasteiger partial charge in [-0.15, -0.1) is 0 Å². The van der Waals surface area contributed by atoms with Crippen molar-refractivity contribution in [2.45, 2.75) is 39.3 Å². The molecular formula is C21H29N7. The van der Waals surface area contributed by atoms with Crippen LogP contribution in [-0.4, -0.2) is 40.3 Å². The van der Waals surface area contributed by atoms with E-state index >= 15 is 0 Å². The number of hydrogen-bond acceptors (Lipinski definition) is 6. The summed E-state index contributed by atoms with van der Waals surface area (Å²) in [4.78, 5) is 13.3. The number of nitrogen functional groups attached to an aromatic ring is 1. The van der Waals surface area contributed by atoms with E-state index in [1.807, 2.05) is 17.0 Å². The molecular weight excluding hydrogens is 350 g/mol. The van der Waals surface area contributed by atoms with Crippen LogP contribution < -0.4 is 16.4 Å². The molecule has 0 unspecified atom stereocenters. The number of fused-ring (bicyclic) bond motifs is 1. The molecule has 7 nitrogen and oxygen atoms in total. The maximum atomic E-state index is 8.68. The highest BCUT2D eigenvalue weighted by atomic mass is 15.2. The fraction of sp³-hybridized carbons (Fsp3) is 0.476. The summed E-state index contributed by atoms with van der Waals surface area (Å²) >= 11 is 0. The van der Waals surface area contributed by atoms with Crippen molar-refractivity contribution in [1.82, 2.24) is 14.9 Å². The molecule has 0 spiro atoms. The van der Waals surface area contributed by atoms with Gasteiger partial charge in [-0.05, 0) is 42.9 Å². The molecule has 1 atom stereocenters. The maximum absolute atomic E-state index is 8.68. The van der Waals surface area contributed by atoms with Crippen LogP contribution in [-0.2, 0) is 6.54 Å². The third kappa shape index (κ3) is 3.20. The lowest BCUT2D eigenvalue weighted by molar-refractivity contribution is 0.258. The highest BCUT2D eigenvalue weighted by Crippen LogP contribution is 2.35. The van der Waals surface area contributed by atoms with Crippen LogP contribution in [0, 0.1) is 10.8 Å². The van der Waals surface area contributed by atoms with Crippen LogP contribution in [0.3, 0.4) is 0 Å². The minimum absolute atomic E-state index is 0.126. The van der Waals surface area contributed by atoms with E-state index in [2.05, 4.69) is 40.8 Å². The molecule has 1 saturated heterocycles. The van der Waals surface area contributed by atoms with E-state index in [1.54, 1.807) is 6.20 Å². The van der Waals surface area contributed by atoms with Crippen molar-refractivity contribution < 1.29 is 0 Å². The largest absolute Gasteiger partial charge is 0.382 e. The Morgan fingerprint density at radius 1 is 1.29 bits per heavy atom. The van der Waals surface area contributed by atoms with Gasteiger partial charge in [0, 0.05) is 19.6 Å². The lowest BCUT2D eigenvalue weighted by Gasteiger charge is -2.39. The molecule has 2 aliphatic heterocycles. The van der Waals surface area contributed by atoms with Crippen LogP contribution in [0.1, 0.15) is 49.6 Å². The van der Waals surface area contributed by atoms with E-state index in [0.717, 1.165) is 31.7 Å². The summed E-state index contributed by atoms with van der Waals surface area (Å²) < 4.78 is 0. The number of aromatic nitrogens is 2. The average Bonchev–Trinajstić information content (AvgIpc) is 3.05. The summed E-state index contributed by atoms with van der Waals surface area (Å²) in [6.07, 6.45) is 3.82. The number of nitrogens with zero attached hydrogens (tertiary/aromatic N) is 4. The highest BCUT2D eigenvalue weighted by Gasteiger charge is 2.32. The molecule has 1 aromatic heterocycles. The quantitative estimate of drug-likeness (QED) is 0.559. The molecule has 0 bridgehead atoms. The van der Waals surface area contributed by atoms with E-state index in [4.69, 9.17) is 16.9 Å². The van der Waals surface area contributed by atoms with Crippen molar-refractivity contribution >= 4 is 17.5 Å². The van der Waals surface area contributed by atoms with Crippen molar-refractivity contribution in [2.75, 3.05) is 30.3 Å². The van der Waals surface area contributed by atoms with Crippen molar-refractivity contribution in [3.8, 4) is 0 Å². The van der Waals surface area contributed by atoms with E-state index in [1.165, 1.54) is 11.1 Å². The number of nitrogens with two attached hydrogens (primary N) is 2. The number of nitrogens with one attached hydrogen (secondary N) is 1. The first kappa shape index (κ1) is 18.7. The van der Waals surface area contributed by atoms with Crippen molar-refractivity contribution in [2.24, 2.45) is 11.1 Å². The zero-order valence-electron chi connectivity index (χ0n) is 16.7. The summed E-state index contributed by atoms with van der Waals surface area (Å²) in [5.74, 6) is 1.43. The molecule has 7 heteroatoms. The van der Waals surface area contributed by atoms with E-state index < -0.39 is 0 Å². The standard InChI is InChI=1S/C21H29N7/c1-14-16-6-4-3-5-15(16)12-28(14)20(24)18-19(23)26-17(11-25-18)27-9-7-21(2,13-22)8-10-27/h3-6,11,14,24H,7-10,12-13,22H2,1-2H3,(H2,23,26)/t14-/m0/s1. The van der Waals surface area contributed by atoms with Crippen LogP contribution in [0.2, 0.25) is 0 Å².